The highest BCUT2D eigenvalue weighted by Crippen LogP contribution is 2.31. The number of hydrogen-bond donors (Lipinski definition) is 1. The zero-order valence-corrected chi connectivity index (χ0v) is 13.8. The van der Waals surface area contributed by atoms with E-state index in [9.17, 15) is 5.11 Å². The van der Waals surface area contributed by atoms with Gasteiger partial charge in [-0.1, -0.05) is 45.7 Å². The fraction of sp³-hybridized carbons (Fsp3) is 0.667. The summed E-state index contributed by atoms with van der Waals surface area (Å²) < 4.78 is 0. The third kappa shape index (κ3) is 3.99. The van der Waals surface area contributed by atoms with Gasteiger partial charge in [0, 0.05) is 24.2 Å². The molecule has 0 aliphatic heterocycles. The molecule has 114 valence electrons. The maximum Gasteiger partial charge on any atom is 0.0631 e. The molecule has 1 rings (SSSR count). The molecule has 1 N–H and O–H groups in total. The van der Waals surface area contributed by atoms with E-state index in [1.165, 1.54) is 11.3 Å². The molecule has 1 unspecified atom stereocenters. The summed E-state index contributed by atoms with van der Waals surface area (Å²) in [5.74, 6) is 0. The Hall–Kier alpha value is -1.02. The molecule has 0 saturated heterocycles. The van der Waals surface area contributed by atoms with Crippen molar-refractivity contribution in [2.45, 2.75) is 65.4 Å². The average Bonchev–Trinajstić information content (AvgIpc) is 2.46. The lowest BCUT2D eigenvalue weighted by molar-refractivity contribution is 0.0890. The van der Waals surface area contributed by atoms with Crippen LogP contribution in [0, 0.1) is 0 Å². The maximum atomic E-state index is 10.4. The zero-order valence-electron chi connectivity index (χ0n) is 13.8. The van der Waals surface area contributed by atoms with E-state index in [4.69, 9.17) is 0 Å². The molecule has 1 aromatic carbocycles. The summed E-state index contributed by atoms with van der Waals surface area (Å²) in [6.45, 7) is 12.8. The van der Waals surface area contributed by atoms with Gasteiger partial charge in [-0.2, -0.15) is 0 Å². The first kappa shape index (κ1) is 17.0. The van der Waals surface area contributed by atoms with Crippen molar-refractivity contribution < 1.29 is 5.11 Å². The van der Waals surface area contributed by atoms with Crippen LogP contribution in [0.2, 0.25) is 0 Å². The Morgan fingerprint density at radius 3 is 2.05 bits per heavy atom. The predicted molar refractivity (Wildman–Crippen MR) is 88.6 cm³/mol. The first-order valence-electron chi connectivity index (χ1n) is 8.00. The Morgan fingerprint density at radius 2 is 1.60 bits per heavy atom. The molecule has 1 atom stereocenters. The van der Waals surface area contributed by atoms with Gasteiger partial charge in [-0.3, -0.25) is 0 Å². The van der Waals surface area contributed by atoms with Crippen LogP contribution in [-0.4, -0.2) is 24.3 Å². The second kappa shape index (κ2) is 7.68. The molecule has 0 radical (unpaired) electrons. The minimum atomic E-state index is -0.276. The van der Waals surface area contributed by atoms with Crippen molar-refractivity contribution in [3.63, 3.8) is 0 Å². The van der Waals surface area contributed by atoms with E-state index >= 15 is 0 Å². The van der Waals surface area contributed by atoms with Crippen LogP contribution in [0.3, 0.4) is 0 Å². The number of benzene rings is 1. The van der Waals surface area contributed by atoms with Crippen molar-refractivity contribution >= 4 is 5.69 Å². The average molecular weight is 277 g/mol. The van der Waals surface area contributed by atoms with E-state index in [2.05, 4.69) is 63.8 Å². The first-order chi connectivity index (χ1) is 9.47. The van der Waals surface area contributed by atoms with Crippen LogP contribution in [0.4, 0.5) is 5.69 Å². The van der Waals surface area contributed by atoms with Gasteiger partial charge >= 0.3 is 0 Å². The molecule has 0 bridgehead atoms. The molecule has 2 nitrogen and oxygen atoms in total. The fourth-order valence-electron chi connectivity index (χ4n) is 2.64. The van der Waals surface area contributed by atoms with Gasteiger partial charge in [0.1, 0.15) is 0 Å². The summed E-state index contributed by atoms with van der Waals surface area (Å²) in [5, 5.41) is 10.4. The van der Waals surface area contributed by atoms with Gasteiger partial charge in [0.05, 0.1) is 6.10 Å². The van der Waals surface area contributed by atoms with E-state index in [1.54, 1.807) is 0 Å². The molecular weight excluding hydrogens is 246 g/mol. The van der Waals surface area contributed by atoms with Crippen molar-refractivity contribution in [1.29, 1.82) is 0 Å². The molecule has 1 aromatic rings. The van der Waals surface area contributed by atoms with E-state index < -0.39 is 0 Å². The predicted octanol–water partition coefficient (Wildman–Crippen LogP) is 4.36. The summed E-state index contributed by atoms with van der Waals surface area (Å²) in [4.78, 5) is 2.34. The highest BCUT2D eigenvalue weighted by atomic mass is 16.3. The molecule has 0 aliphatic carbocycles. The molecule has 0 heterocycles. The maximum absolute atomic E-state index is 10.4. The first-order valence-corrected chi connectivity index (χ1v) is 8.00. The largest absolute Gasteiger partial charge is 0.392 e. The minimum Gasteiger partial charge on any atom is -0.392 e. The Kier molecular flexibility index (Phi) is 6.54. The number of anilines is 1. The third-order valence-corrected chi connectivity index (χ3v) is 4.40. The Bertz CT molecular complexity index is 379. The molecular formula is C18H31NO. The second-order valence-electron chi connectivity index (χ2n) is 6.10. The molecule has 0 amide bonds. The molecule has 0 aliphatic rings. The van der Waals surface area contributed by atoms with Crippen LogP contribution >= 0.6 is 0 Å². The van der Waals surface area contributed by atoms with E-state index in [0.29, 0.717) is 0 Å². The van der Waals surface area contributed by atoms with Crippen molar-refractivity contribution in [3.8, 4) is 0 Å². The lowest BCUT2D eigenvalue weighted by Crippen LogP contribution is -2.33. The van der Waals surface area contributed by atoms with Crippen LogP contribution in [-0.2, 0) is 5.41 Å². The summed E-state index contributed by atoms with van der Waals surface area (Å²) in [6.07, 6.45) is 2.82. The van der Waals surface area contributed by atoms with Crippen molar-refractivity contribution in [1.82, 2.24) is 0 Å². The summed E-state index contributed by atoms with van der Waals surface area (Å²) >= 11 is 0. The standard InChI is InChI=1S/C18H31NO/c1-6-9-10-17(20)18(4,5)15-11-13-16(14-12-15)19(7-2)8-3/h11-14,17,20H,6-10H2,1-5H3. The zero-order chi connectivity index (χ0) is 15.2. The lowest BCUT2D eigenvalue weighted by atomic mass is 9.77. The van der Waals surface area contributed by atoms with Gasteiger partial charge in [0.2, 0.25) is 0 Å². The Labute approximate surface area is 124 Å². The Morgan fingerprint density at radius 1 is 1.05 bits per heavy atom. The number of rotatable bonds is 8. The summed E-state index contributed by atoms with van der Waals surface area (Å²) in [7, 11) is 0. The van der Waals surface area contributed by atoms with Gasteiger partial charge in [-0.25, -0.2) is 0 Å². The number of aliphatic hydroxyl groups is 1. The van der Waals surface area contributed by atoms with E-state index in [0.717, 1.165) is 32.4 Å². The van der Waals surface area contributed by atoms with Crippen LogP contribution in [0.15, 0.2) is 24.3 Å². The highest BCUT2D eigenvalue weighted by Gasteiger charge is 2.29. The molecule has 0 fully saturated rings. The molecule has 20 heavy (non-hydrogen) atoms. The van der Waals surface area contributed by atoms with E-state index in [-0.39, 0.29) is 11.5 Å². The number of unbranched alkanes of at least 4 members (excludes halogenated alkanes) is 1. The van der Waals surface area contributed by atoms with Gasteiger partial charge < -0.3 is 10.0 Å². The lowest BCUT2D eigenvalue weighted by Gasteiger charge is -2.32. The normalized spacial score (nSPS) is 13.3. The van der Waals surface area contributed by atoms with Gasteiger partial charge in [0.25, 0.3) is 0 Å². The fourth-order valence-corrected chi connectivity index (χ4v) is 2.64. The topological polar surface area (TPSA) is 23.5 Å². The van der Waals surface area contributed by atoms with Gasteiger partial charge in [-0.15, -0.1) is 0 Å². The van der Waals surface area contributed by atoms with Gasteiger partial charge in [-0.05, 0) is 38.0 Å². The highest BCUT2D eigenvalue weighted by molar-refractivity contribution is 5.48. The number of hydrogen-bond acceptors (Lipinski definition) is 2. The van der Waals surface area contributed by atoms with Crippen molar-refractivity contribution in [2.24, 2.45) is 0 Å². The third-order valence-electron chi connectivity index (χ3n) is 4.40. The summed E-state index contributed by atoms with van der Waals surface area (Å²) in [6, 6.07) is 8.69. The van der Waals surface area contributed by atoms with Gasteiger partial charge in [0.15, 0.2) is 0 Å². The Balaban J connectivity index is 2.85. The van der Waals surface area contributed by atoms with Crippen LogP contribution < -0.4 is 4.90 Å². The molecule has 0 aromatic heterocycles. The second-order valence-corrected chi connectivity index (χ2v) is 6.10. The molecule has 0 spiro atoms. The quantitative estimate of drug-likeness (QED) is 0.763. The monoisotopic (exact) mass is 277 g/mol. The number of nitrogens with zero attached hydrogens (tertiary/aromatic N) is 1. The molecule has 2 heteroatoms. The number of aliphatic hydroxyl groups excluding tert-OH is 1. The van der Waals surface area contributed by atoms with Crippen molar-refractivity contribution in [2.75, 3.05) is 18.0 Å². The van der Waals surface area contributed by atoms with E-state index in [1.807, 2.05) is 0 Å². The van der Waals surface area contributed by atoms with Crippen LogP contribution in [0.1, 0.15) is 59.4 Å². The van der Waals surface area contributed by atoms with Crippen LogP contribution in [0.25, 0.3) is 0 Å². The minimum absolute atomic E-state index is 0.184. The smallest absolute Gasteiger partial charge is 0.0631 e. The summed E-state index contributed by atoms with van der Waals surface area (Å²) in [5.41, 5.74) is 2.30. The van der Waals surface area contributed by atoms with Crippen LogP contribution in [0.5, 0.6) is 0 Å². The van der Waals surface area contributed by atoms with Crippen molar-refractivity contribution in [3.05, 3.63) is 29.8 Å². The SMILES string of the molecule is CCCCC(O)C(C)(C)c1ccc(N(CC)CC)cc1. The molecule has 0 saturated carbocycles.